The van der Waals surface area contributed by atoms with Crippen molar-refractivity contribution in [3.05, 3.63) is 35.5 Å². The molecule has 0 aromatic heterocycles. The molecule has 0 aromatic carbocycles. The number of hydrogen-bond acceptors (Lipinski definition) is 3. The molecule has 0 aromatic rings. The Kier molecular flexibility index (Phi) is 7.37. The van der Waals surface area contributed by atoms with Crippen LogP contribution in [0.2, 0.25) is 0 Å². The smallest absolute Gasteiger partial charge is 0.0651 e. The third-order valence-electron chi connectivity index (χ3n) is 8.56. The van der Waals surface area contributed by atoms with Crippen LogP contribution in [-0.4, -0.2) is 33.1 Å². The Labute approximate surface area is 184 Å². The van der Waals surface area contributed by atoms with Gasteiger partial charge < -0.3 is 15.3 Å². The van der Waals surface area contributed by atoms with Gasteiger partial charge >= 0.3 is 0 Å². The standard InChI is InChI=1S/C27H44O3/c1-18(8-9-19(2)26(3,4)30)24-12-13-25-21(7-6-14-27(24,25)5)11-10-20-15-22(28)17-23(29)16-20/h8-11,18-19,22-25,28-30H,6-7,12-17H2,1-5H3/b9-8+,21-11-/t18-,19+,22-,23-,24-,25?,27-/m1/s1. The summed E-state index contributed by atoms with van der Waals surface area (Å²) < 4.78 is 0. The van der Waals surface area contributed by atoms with Crippen LogP contribution in [0.1, 0.15) is 86.0 Å². The molecule has 3 aliphatic rings. The summed E-state index contributed by atoms with van der Waals surface area (Å²) in [5.41, 5.74) is 2.43. The predicted molar refractivity (Wildman–Crippen MR) is 124 cm³/mol. The van der Waals surface area contributed by atoms with E-state index in [1.54, 1.807) is 5.57 Å². The molecule has 7 atom stereocenters. The minimum atomic E-state index is -0.674. The molecule has 3 heteroatoms. The highest BCUT2D eigenvalue weighted by atomic mass is 16.3. The Morgan fingerprint density at radius 1 is 1.03 bits per heavy atom. The van der Waals surface area contributed by atoms with Crippen molar-refractivity contribution in [3.8, 4) is 0 Å². The van der Waals surface area contributed by atoms with Gasteiger partial charge in [-0.15, -0.1) is 0 Å². The van der Waals surface area contributed by atoms with Crippen molar-refractivity contribution >= 4 is 0 Å². The second-order valence-electron chi connectivity index (χ2n) is 11.3. The molecule has 3 aliphatic carbocycles. The summed E-state index contributed by atoms with van der Waals surface area (Å²) in [7, 11) is 0. The highest BCUT2D eigenvalue weighted by molar-refractivity contribution is 5.26. The molecule has 0 saturated heterocycles. The average Bonchev–Trinajstić information content (AvgIpc) is 3.00. The van der Waals surface area contributed by atoms with E-state index in [1.807, 2.05) is 13.8 Å². The molecule has 3 saturated carbocycles. The van der Waals surface area contributed by atoms with E-state index in [0.29, 0.717) is 42.4 Å². The Hall–Kier alpha value is -0.900. The summed E-state index contributed by atoms with van der Waals surface area (Å²) in [4.78, 5) is 0. The zero-order valence-electron chi connectivity index (χ0n) is 19.8. The Morgan fingerprint density at radius 3 is 2.33 bits per heavy atom. The van der Waals surface area contributed by atoms with E-state index >= 15 is 0 Å². The van der Waals surface area contributed by atoms with Crippen LogP contribution in [0.15, 0.2) is 35.5 Å². The van der Waals surface area contributed by atoms with Crippen molar-refractivity contribution in [3.63, 3.8) is 0 Å². The Bertz CT molecular complexity index is 671. The second kappa shape index (κ2) is 9.30. The largest absolute Gasteiger partial charge is 0.393 e. The lowest BCUT2D eigenvalue weighted by atomic mass is 9.61. The van der Waals surface area contributed by atoms with Gasteiger partial charge in [0.1, 0.15) is 0 Å². The van der Waals surface area contributed by atoms with Gasteiger partial charge in [-0.05, 0) is 88.4 Å². The first kappa shape index (κ1) is 23.8. The second-order valence-corrected chi connectivity index (χ2v) is 11.3. The van der Waals surface area contributed by atoms with Gasteiger partial charge in [0.15, 0.2) is 0 Å². The van der Waals surface area contributed by atoms with Crippen molar-refractivity contribution in [2.24, 2.45) is 29.1 Å². The predicted octanol–water partition coefficient (Wildman–Crippen LogP) is 5.56. The molecule has 0 radical (unpaired) electrons. The first-order valence-corrected chi connectivity index (χ1v) is 12.2. The van der Waals surface area contributed by atoms with Crippen LogP contribution in [0.4, 0.5) is 0 Å². The fourth-order valence-corrected chi connectivity index (χ4v) is 6.39. The molecule has 3 fully saturated rings. The molecule has 0 spiro atoms. The Balaban J connectivity index is 1.73. The van der Waals surface area contributed by atoms with E-state index in [-0.39, 0.29) is 5.92 Å². The summed E-state index contributed by atoms with van der Waals surface area (Å²) >= 11 is 0. The van der Waals surface area contributed by atoms with Gasteiger partial charge in [0.2, 0.25) is 0 Å². The molecular formula is C27H44O3. The van der Waals surface area contributed by atoms with E-state index in [2.05, 4.69) is 45.1 Å². The number of allylic oxidation sites excluding steroid dienone is 4. The van der Waals surface area contributed by atoms with Crippen molar-refractivity contribution in [2.45, 2.75) is 104 Å². The van der Waals surface area contributed by atoms with E-state index in [4.69, 9.17) is 0 Å². The molecular weight excluding hydrogens is 372 g/mol. The van der Waals surface area contributed by atoms with Crippen LogP contribution < -0.4 is 0 Å². The van der Waals surface area contributed by atoms with Crippen molar-refractivity contribution in [2.75, 3.05) is 0 Å². The van der Waals surface area contributed by atoms with Crippen LogP contribution >= 0.6 is 0 Å². The maximum Gasteiger partial charge on any atom is 0.0651 e. The molecule has 0 aliphatic heterocycles. The van der Waals surface area contributed by atoms with Crippen molar-refractivity contribution < 1.29 is 15.3 Å². The molecule has 0 heterocycles. The lowest BCUT2D eigenvalue weighted by Crippen LogP contribution is -2.35. The molecule has 3 N–H and O–H groups in total. The highest BCUT2D eigenvalue weighted by Gasteiger charge is 2.50. The van der Waals surface area contributed by atoms with E-state index in [9.17, 15) is 15.3 Å². The zero-order valence-corrected chi connectivity index (χ0v) is 19.8. The summed E-state index contributed by atoms with van der Waals surface area (Å²) in [6.07, 6.45) is 16.5. The summed E-state index contributed by atoms with van der Waals surface area (Å²) in [6, 6.07) is 0. The minimum absolute atomic E-state index is 0.152. The molecule has 30 heavy (non-hydrogen) atoms. The molecule has 170 valence electrons. The number of rotatable bonds is 5. The number of aliphatic hydroxyl groups excluding tert-OH is 2. The number of aliphatic hydroxyl groups is 3. The van der Waals surface area contributed by atoms with Crippen LogP contribution in [0.3, 0.4) is 0 Å². The highest BCUT2D eigenvalue weighted by Crippen LogP contribution is 2.59. The molecule has 0 amide bonds. The fourth-order valence-electron chi connectivity index (χ4n) is 6.39. The number of fused-ring (bicyclic) bond motifs is 1. The van der Waals surface area contributed by atoms with Gasteiger partial charge in [0.25, 0.3) is 0 Å². The topological polar surface area (TPSA) is 60.7 Å². The monoisotopic (exact) mass is 416 g/mol. The first-order chi connectivity index (χ1) is 14.0. The maximum absolute atomic E-state index is 10.2. The average molecular weight is 417 g/mol. The lowest BCUT2D eigenvalue weighted by molar-refractivity contribution is 0.0436. The Morgan fingerprint density at radius 2 is 1.70 bits per heavy atom. The molecule has 1 unspecified atom stereocenters. The maximum atomic E-state index is 10.2. The van der Waals surface area contributed by atoms with Crippen LogP contribution in [-0.2, 0) is 0 Å². The van der Waals surface area contributed by atoms with E-state index in [0.717, 1.165) is 0 Å². The van der Waals surface area contributed by atoms with Gasteiger partial charge in [0.05, 0.1) is 17.8 Å². The quantitative estimate of drug-likeness (QED) is 0.514. The van der Waals surface area contributed by atoms with E-state index < -0.39 is 17.8 Å². The van der Waals surface area contributed by atoms with Crippen LogP contribution in [0.5, 0.6) is 0 Å². The zero-order chi connectivity index (χ0) is 22.1. The van der Waals surface area contributed by atoms with Crippen LogP contribution in [0, 0.1) is 29.1 Å². The minimum Gasteiger partial charge on any atom is -0.393 e. The van der Waals surface area contributed by atoms with Gasteiger partial charge in [-0.1, -0.05) is 56.2 Å². The summed E-state index contributed by atoms with van der Waals surface area (Å²) in [6.45, 7) is 10.7. The first-order valence-electron chi connectivity index (χ1n) is 12.2. The lowest BCUT2D eigenvalue weighted by Gasteiger charge is -2.44. The molecule has 3 nitrogen and oxygen atoms in total. The van der Waals surface area contributed by atoms with Crippen molar-refractivity contribution in [1.82, 2.24) is 0 Å². The van der Waals surface area contributed by atoms with Gasteiger partial charge in [0, 0.05) is 5.92 Å². The summed E-state index contributed by atoms with van der Waals surface area (Å²) in [5.74, 6) is 2.00. The third-order valence-corrected chi connectivity index (χ3v) is 8.56. The van der Waals surface area contributed by atoms with Crippen molar-refractivity contribution in [1.29, 1.82) is 0 Å². The van der Waals surface area contributed by atoms with E-state index in [1.165, 1.54) is 37.7 Å². The van der Waals surface area contributed by atoms with Gasteiger partial charge in [-0.2, -0.15) is 0 Å². The normalized spacial score (nSPS) is 38.7. The fraction of sp³-hybridized carbons (Fsp3) is 0.778. The third kappa shape index (κ3) is 5.29. The van der Waals surface area contributed by atoms with Gasteiger partial charge in [-0.25, -0.2) is 0 Å². The molecule has 3 rings (SSSR count). The van der Waals surface area contributed by atoms with Gasteiger partial charge in [-0.3, -0.25) is 0 Å². The summed E-state index contributed by atoms with van der Waals surface area (Å²) in [5, 5.41) is 30.2. The van der Waals surface area contributed by atoms with Crippen LogP contribution in [0.25, 0.3) is 0 Å². The number of hydrogen-bond donors (Lipinski definition) is 3. The molecule has 0 bridgehead atoms. The SMILES string of the molecule is C[C@H](/C=C/[C@H](C)C(C)(C)O)[C@H]1CCC2/C(=C\C=C3C[C@@H](O)C[C@H](O)C3)CCC[C@@]21C.